The van der Waals surface area contributed by atoms with Crippen LogP contribution in [0.5, 0.6) is 5.75 Å². The summed E-state index contributed by atoms with van der Waals surface area (Å²) >= 11 is 0. The minimum atomic E-state index is -4.91. The zero-order valence-electron chi connectivity index (χ0n) is 27.0. The number of ether oxygens (including phenoxy) is 2. The van der Waals surface area contributed by atoms with Crippen LogP contribution in [-0.4, -0.2) is 47.1 Å². The van der Waals surface area contributed by atoms with Crippen LogP contribution < -0.4 is 15.4 Å². The van der Waals surface area contributed by atoms with Crippen molar-refractivity contribution < 1.29 is 50.2 Å². The number of alkyl halides is 6. The summed E-state index contributed by atoms with van der Waals surface area (Å²) in [5.41, 5.74) is 1.08. The third-order valence-corrected chi connectivity index (χ3v) is 7.59. The first-order valence-electron chi connectivity index (χ1n) is 15.6. The van der Waals surface area contributed by atoms with Gasteiger partial charge in [-0.05, 0) is 78.9 Å². The third-order valence-electron chi connectivity index (χ3n) is 7.59. The smallest absolute Gasteiger partial charge is 0.466 e. The highest BCUT2D eigenvalue weighted by molar-refractivity contribution is 5.97. The Kier molecular flexibility index (Phi) is 12.3. The monoisotopic (exact) mass is 704 g/mol. The molecule has 1 unspecified atom stereocenters. The first-order chi connectivity index (χ1) is 23.7. The van der Waals surface area contributed by atoms with Crippen LogP contribution in [0.15, 0.2) is 85.2 Å². The van der Waals surface area contributed by atoms with E-state index in [1.807, 2.05) is 6.92 Å². The number of halogens is 6. The Morgan fingerprint density at radius 2 is 1.50 bits per heavy atom. The van der Waals surface area contributed by atoms with E-state index in [9.17, 15) is 40.7 Å². The molecule has 2 amide bonds. The van der Waals surface area contributed by atoms with E-state index in [1.54, 1.807) is 31.2 Å². The van der Waals surface area contributed by atoms with Crippen molar-refractivity contribution in [3.8, 4) is 11.4 Å². The van der Waals surface area contributed by atoms with Crippen LogP contribution in [0, 0.1) is 0 Å². The molecule has 266 valence electrons. The molecule has 9 nitrogen and oxygen atoms in total. The number of esters is 1. The summed E-state index contributed by atoms with van der Waals surface area (Å²) in [7, 11) is 0. The second-order valence-corrected chi connectivity index (χ2v) is 11.1. The molecule has 50 heavy (non-hydrogen) atoms. The quantitative estimate of drug-likeness (QED) is 0.103. The largest absolute Gasteiger partial charge is 0.573 e. The number of carbonyl (C=O) groups is 3. The summed E-state index contributed by atoms with van der Waals surface area (Å²) in [5.74, 6) is -3.26. The molecule has 4 rings (SSSR count). The molecule has 15 heteroatoms. The van der Waals surface area contributed by atoms with Crippen molar-refractivity contribution in [1.29, 1.82) is 0 Å². The Bertz CT molecular complexity index is 1740. The van der Waals surface area contributed by atoms with Gasteiger partial charge in [-0.3, -0.25) is 14.4 Å². The molecule has 2 N–H and O–H groups in total. The first-order valence-corrected chi connectivity index (χ1v) is 15.6. The van der Waals surface area contributed by atoms with Crippen LogP contribution in [0.1, 0.15) is 72.0 Å². The van der Waals surface area contributed by atoms with Crippen molar-refractivity contribution in [3.05, 3.63) is 107 Å². The average Bonchev–Trinajstić information content (AvgIpc) is 3.57. The molecule has 0 fully saturated rings. The summed E-state index contributed by atoms with van der Waals surface area (Å²) in [4.78, 5) is 38.3. The van der Waals surface area contributed by atoms with Gasteiger partial charge in [-0.2, -0.15) is 18.3 Å². The molecule has 2 atom stereocenters. The molecule has 0 aliphatic heterocycles. The van der Waals surface area contributed by atoms with Crippen molar-refractivity contribution in [2.45, 2.75) is 57.5 Å². The number of hydrogen-bond donors (Lipinski definition) is 2. The van der Waals surface area contributed by atoms with Crippen LogP contribution in [0.3, 0.4) is 0 Å². The molecule has 0 aliphatic rings. The van der Waals surface area contributed by atoms with Gasteiger partial charge in [0.15, 0.2) is 0 Å². The van der Waals surface area contributed by atoms with Gasteiger partial charge >= 0.3 is 18.5 Å². The van der Waals surface area contributed by atoms with E-state index in [1.165, 1.54) is 36.4 Å². The topological polar surface area (TPSA) is 112 Å². The van der Waals surface area contributed by atoms with Gasteiger partial charge in [0.2, 0.25) is 5.91 Å². The summed E-state index contributed by atoms with van der Waals surface area (Å²) in [6, 6.07) is 17.4. The summed E-state index contributed by atoms with van der Waals surface area (Å²) in [6.07, 6.45) is -6.83. The summed E-state index contributed by atoms with van der Waals surface area (Å²) in [6.45, 7) is 3.89. The lowest BCUT2D eigenvalue weighted by atomic mass is 9.78. The van der Waals surface area contributed by atoms with Gasteiger partial charge in [0.25, 0.3) is 5.91 Å². The standard InChI is InChI=1S/C35H34F6N4O5/c1-3-5-29(22-6-8-24(9-7-22)32(47)42-19-18-30(46)49-4-2)31(23-10-16-28(17-11-23)50-35(39,40)41)33(48)44-26-12-14-27(15-13-26)45-21-25(20-43-45)34(36,37)38/h6-17,20-21,29,31H,3-5,18-19H2,1-2H3,(H,42,47)(H,44,48)/t29?,31-/m1/s1. The van der Waals surface area contributed by atoms with Gasteiger partial charge in [-0.25, -0.2) is 4.68 Å². The summed E-state index contributed by atoms with van der Waals surface area (Å²) < 4.78 is 87.5. The van der Waals surface area contributed by atoms with E-state index in [-0.39, 0.29) is 19.6 Å². The number of benzene rings is 3. The predicted molar refractivity (Wildman–Crippen MR) is 171 cm³/mol. The lowest BCUT2D eigenvalue weighted by Gasteiger charge is -2.28. The van der Waals surface area contributed by atoms with E-state index in [2.05, 4.69) is 20.5 Å². The van der Waals surface area contributed by atoms with Crippen molar-refractivity contribution in [1.82, 2.24) is 15.1 Å². The van der Waals surface area contributed by atoms with Crippen LogP contribution in [0.2, 0.25) is 0 Å². The van der Waals surface area contributed by atoms with Gasteiger partial charge in [-0.1, -0.05) is 37.6 Å². The molecule has 1 aromatic heterocycles. The number of amides is 2. The highest BCUT2D eigenvalue weighted by Gasteiger charge is 2.34. The lowest BCUT2D eigenvalue weighted by molar-refractivity contribution is -0.274. The van der Waals surface area contributed by atoms with Gasteiger partial charge in [0.1, 0.15) is 5.75 Å². The zero-order chi connectivity index (χ0) is 36.5. The van der Waals surface area contributed by atoms with Crippen molar-refractivity contribution in [2.24, 2.45) is 0 Å². The van der Waals surface area contributed by atoms with Gasteiger partial charge in [-0.15, -0.1) is 13.2 Å². The van der Waals surface area contributed by atoms with Crippen molar-refractivity contribution >= 4 is 23.5 Å². The fourth-order valence-electron chi connectivity index (χ4n) is 5.30. The third kappa shape index (κ3) is 10.3. The number of rotatable bonds is 14. The van der Waals surface area contributed by atoms with Crippen LogP contribution in [-0.2, 0) is 20.5 Å². The molecule has 1 heterocycles. The number of nitrogens with zero attached hydrogens (tertiary/aromatic N) is 2. The van der Waals surface area contributed by atoms with E-state index in [0.29, 0.717) is 47.1 Å². The molecule has 0 saturated heterocycles. The molecule has 0 spiro atoms. The molecule has 0 bridgehead atoms. The number of nitrogens with one attached hydrogen (secondary N) is 2. The van der Waals surface area contributed by atoms with E-state index in [4.69, 9.17) is 4.74 Å². The zero-order valence-corrected chi connectivity index (χ0v) is 27.0. The fraction of sp³-hybridized carbons (Fsp3) is 0.314. The molecular formula is C35H34F6N4O5. The van der Waals surface area contributed by atoms with Crippen molar-refractivity contribution in [3.63, 3.8) is 0 Å². The lowest BCUT2D eigenvalue weighted by Crippen LogP contribution is -2.27. The Morgan fingerprint density at radius 3 is 2.06 bits per heavy atom. The van der Waals surface area contributed by atoms with E-state index >= 15 is 0 Å². The molecule has 4 aromatic rings. The van der Waals surface area contributed by atoms with Crippen LogP contribution >= 0.6 is 0 Å². The van der Waals surface area contributed by atoms with Gasteiger partial charge in [0, 0.05) is 24.0 Å². The van der Waals surface area contributed by atoms with Crippen LogP contribution in [0.4, 0.5) is 32.0 Å². The highest BCUT2D eigenvalue weighted by atomic mass is 19.4. The minimum absolute atomic E-state index is 0.00475. The SMILES string of the molecule is CCCC(c1ccc(C(=O)NCCC(=O)OCC)cc1)[C@H](C(=O)Nc1ccc(-n2cc(C(F)(F)F)cn2)cc1)c1ccc(OC(F)(F)F)cc1. The summed E-state index contributed by atoms with van der Waals surface area (Å²) in [5, 5.41) is 9.22. The molecular weight excluding hydrogens is 670 g/mol. The molecule has 0 radical (unpaired) electrons. The van der Waals surface area contributed by atoms with Gasteiger partial charge < -0.3 is 20.1 Å². The molecule has 3 aromatic carbocycles. The Hall–Kier alpha value is -5.34. The number of hydrogen-bond acceptors (Lipinski definition) is 6. The number of anilines is 1. The first kappa shape index (κ1) is 37.5. The van der Waals surface area contributed by atoms with E-state index in [0.717, 1.165) is 23.0 Å². The predicted octanol–water partition coefficient (Wildman–Crippen LogP) is 7.78. The number of aromatic nitrogens is 2. The van der Waals surface area contributed by atoms with E-state index < -0.39 is 53.5 Å². The molecule has 0 saturated carbocycles. The Labute approximate surface area is 283 Å². The normalized spacial score (nSPS) is 12.9. The second kappa shape index (κ2) is 16.4. The van der Waals surface area contributed by atoms with Gasteiger partial charge in [0.05, 0.1) is 36.4 Å². The Morgan fingerprint density at radius 1 is 0.860 bits per heavy atom. The fourth-order valence-corrected chi connectivity index (χ4v) is 5.30. The Balaban J connectivity index is 1.60. The highest BCUT2D eigenvalue weighted by Crippen LogP contribution is 2.39. The van der Waals surface area contributed by atoms with Crippen LogP contribution in [0.25, 0.3) is 5.69 Å². The van der Waals surface area contributed by atoms with Crippen molar-refractivity contribution in [2.75, 3.05) is 18.5 Å². The molecule has 0 aliphatic carbocycles. The second-order valence-electron chi connectivity index (χ2n) is 11.1. The number of carbonyl (C=O) groups excluding carboxylic acids is 3. The average molecular weight is 705 g/mol. The maximum atomic E-state index is 14.0. The maximum Gasteiger partial charge on any atom is 0.573 e. The maximum absolute atomic E-state index is 14.0. The minimum Gasteiger partial charge on any atom is -0.466 e.